The number of carbonyl (C=O) groups excluding carboxylic acids is 1. The van der Waals surface area contributed by atoms with E-state index in [9.17, 15) is 14.7 Å². The number of rotatable bonds is 6. The molecule has 198 valence electrons. The van der Waals surface area contributed by atoms with Crippen LogP contribution in [-0.4, -0.2) is 33.3 Å². The third kappa shape index (κ3) is 5.81. The van der Waals surface area contributed by atoms with E-state index in [0.29, 0.717) is 11.6 Å². The average Bonchev–Trinajstić information content (AvgIpc) is 3.11. The number of aromatic carboxylic acids is 1. The van der Waals surface area contributed by atoms with Crippen LogP contribution in [0.3, 0.4) is 0 Å². The Labute approximate surface area is 222 Å². The molecule has 1 aliphatic heterocycles. The molecular weight excluding hydrogens is 460 g/mol. The third-order valence-corrected chi connectivity index (χ3v) is 8.27. The summed E-state index contributed by atoms with van der Waals surface area (Å²) in [6, 6.07) is 16.7. The van der Waals surface area contributed by atoms with E-state index in [4.69, 9.17) is 4.99 Å². The van der Waals surface area contributed by atoms with E-state index < -0.39 is 11.6 Å². The Morgan fingerprint density at radius 1 is 1.00 bits per heavy atom. The lowest BCUT2D eigenvalue weighted by Gasteiger charge is -2.47. The molecule has 1 aliphatic carbocycles. The topological polar surface area (TPSA) is 70.0 Å². The summed E-state index contributed by atoms with van der Waals surface area (Å²) in [5, 5.41) is 9.45. The van der Waals surface area contributed by atoms with Gasteiger partial charge >= 0.3 is 5.97 Å². The van der Waals surface area contributed by atoms with Crippen LogP contribution in [0.15, 0.2) is 59.6 Å². The summed E-state index contributed by atoms with van der Waals surface area (Å²) >= 11 is 0. The van der Waals surface area contributed by atoms with Crippen LogP contribution in [0, 0.1) is 16.7 Å². The molecule has 37 heavy (non-hydrogen) atoms. The number of carboxylic acid groups (broad SMARTS) is 1. The van der Waals surface area contributed by atoms with Crippen LogP contribution in [0.1, 0.15) is 108 Å². The maximum absolute atomic E-state index is 14.3. The van der Waals surface area contributed by atoms with Gasteiger partial charge in [0.2, 0.25) is 0 Å². The van der Waals surface area contributed by atoms with Gasteiger partial charge in [-0.2, -0.15) is 0 Å². The largest absolute Gasteiger partial charge is 0.478 e. The van der Waals surface area contributed by atoms with Crippen molar-refractivity contribution in [3.63, 3.8) is 0 Å². The van der Waals surface area contributed by atoms with Gasteiger partial charge in [-0.15, -0.1) is 0 Å². The van der Waals surface area contributed by atoms with Crippen LogP contribution in [0.2, 0.25) is 0 Å². The van der Waals surface area contributed by atoms with E-state index in [-0.39, 0.29) is 28.3 Å². The molecule has 0 radical (unpaired) electrons. The zero-order valence-corrected chi connectivity index (χ0v) is 23.3. The fourth-order valence-corrected chi connectivity index (χ4v) is 5.99. The summed E-state index contributed by atoms with van der Waals surface area (Å²) < 4.78 is 0. The highest BCUT2D eigenvalue weighted by Gasteiger charge is 2.52. The summed E-state index contributed by atoms with van der Waals surface area (Å²) in [6.07, 6.45) is 5.48. The minimum atomic E-state index is -0.943. The normalized spacial score (nSPS) is 23.3. The van der Waals surface area contributed by atoms with Crippen LogP contribution < -0.4 is 0 Å². The van der Waals surface area contributed by atoms with Gasteiger partial charge in [-0.3, -0.25) is 9.79 Å². The molecule has 1 N–H and O–H groups in total. The molecule has 2 aromatic carbocycles. The lowest BCUT2D eigenvalue weighted by Crippen LogP contribution is -2.51. The zero-order valence-electron chi connectivity index (χ0n) is 23.3. The summed E-state index contributed by atoms with van der Waals surface area (Å²) in [5.41, 5.74) is 2.40. The van der Waals surface area contributed by atoms with Crippen molar-refractivity contribution < 1.29 is 14.7 Å². The second-order valence-electron chi connectivity index (χ2n) is 13.2. The fourth-order valence-electron chi connectivity index (χ4n) is 5.99. The number of carboxylic acids is 1. The Hall–Kier alpha value is -2.95. The Morgan fingerprint density at radius 2 is 1.59 bits per heavy atom. The summed E-state index contributed by atoms with van der Waals surface area (Å²) in [4.78, 5) is 33.1. The van der Waals surface area contributed by atoms with E-state index in [1.54, 1.807) is 12.1 Å². The van der Waals surface area contributed by atoms with Crippen LogP contribution in [0.5, 0.6) is 0 Å². The first-order valence-electron chi connectivity index (χ1n) is 13.6. The van der Waals surface area contributed by atoms with Crippen molar-refractivity contribution in [1.29, 1.82) is 0 Å². The maximum Gasteiger partial charge on any atom is 0.335 e. The van der Waals surface area contributed by atoms with E-state index in [1.807, 2.05) is 42.5 Å². The number of nitrogens with zero attached hydrogens (tertiary/aromatic N) is 2. The summed E-state index contributed by atoms with van der Waals surface area (Å²) in [6.45, 7) is 13.6. The van der Waals surface area contributed by atoms with Crippen LogP contribution >= 0.6 is 0 Å². The molecule has 5 heteroatoms. The van der Waals surface area contributed by atoms with Crippen molar-refractivity contribution in [2.45, 2.75) is 91.8 Å². The molecule has 4 rings (SSSR count). The second-order valence-corrected chi connectivity index (χ2v) is 13.2. The SMILES string of the molecule is CC(C)(C)CCC(c1ccc(C(=O)O)cc1)N1C(=O)C(c2ccccc2)=NC12CCC(C(C)(C)C)CC2. The number of amides is 1. The Balaban J connectivity index is 1.78. The van der Waals surface area contributed by atoms with Crippen LogP contribution in [0.4, 0.5) is 0 Å². The van der Waals surface area contributed by atoms with Gasteiger partial charge < -0.3 is 10.0 Å². The summed E-state index contributed by atoms with van der Waals surface area (Å²) in [7, 11) is 0. The minimum absolute atomic E-state index is 0.0124. The monoisotopic (exact) mass is 502 g/mol. The molecular formula is C32H42N2O3. The Morgan fingerprint density at radius 3 is 2.11 bits per heavy atom. The molecule has 0 aromatic heterocycles. The van der Waals surface area contributed by atoms with Crippen LogP contribution in [-0.2, 0) is 4.79 Å². The highest BCUT2D eigenvalue weighted by Crippen LogP contribution is 2.50. The standard InChI is InChI=1S/C32H42N2O3/c1-30(2,3)19-18-26(22-12-14-24(15-13-22)29(36)37)34-28(35)27(23-10-8-7-9-11-23)33-32(34)20-16-25(17-21-32)31(4,5)6/h7-15,25-26H,16-21H2,1-6H3,(H,36,37). The molecule has 1 saturated carbocycles. The van der Waals surface area contributed by atoms with E-state index >= 15 is 0 Å². The van der Waals surface area contributed by atoms with E-state index in [1.165, 1.54) is 0 Å². The number of aliphatic imine (C=N–C) groups is 1. The molecule has 2 aromatic rings. The molecule has 0 bridgehead atoms. The molecule has 1 amide bonds. The molecule has 5 nitrogen and oxygen atoms in total. The van der Waals surface area contributed by atoms with Gasteiger partial charge in [0, 0.05) is 5.56 Å². The first-order valence-corrected chi connectivity index (χ1v) is 13.6. The molecule has 1 heterocycles. The van der Waals surface area contributed by atoms with Gasteiger partial charge in [-0.25, -0.2) is 4.79 Å². The number of hydrogen-bond acceptors (Lipinski definition) is 3. The van der Waals surface area contributed by atoms with Gasteiger partial charge in [0.1, 0.15) is 11.4 Å². The molecule has 1 atom stereocenters. The summed E-state index contributed by atoms with van der Waals surface area (Å²) in [5.74, 6) is -0.364. The first kappa shape index (κ1) is 27.1. The van der Waals surface area contributed by atoms with Crippen molar-refractivity contribution in [3.8, 4) is 0 Å². The van der Waals surface area contributed by atoms with Gasteiger partial charge in [0.15, 0.2) is 0 Å². The fraction of sp³-hybridized carbons (Fsp3) is 0.531. The number of carbonyl (C=O) groups is 2. The maximum atomic E-state index is 14.3. The number of hydrogen-bond donors (Lipinski definition) is 1. The van der Waals surface area contributed by atoms with Crippen molar-refractivity contribution in [2.24, 2.45) is 21.7 Å². The second kappa shape index (κ2) is 10.1. The molecule has 1 fully saturated rings. The number of benzene rings is 2. The predicted octanol–water partition coefficient (Wildman–Crippen LogP) is 7.52. The predicted molar refractivity (Wildman–Crippen MR) is 149 cm³/mol. The van der Waals surface area contributed by atoms with Crippen molar-refractivity contribution >= 4 is 17.6 Å². The zero-order chi connectivity index (χ0) is 27.0. The van der Waals surface area contributed by atoms with Crippen molar-refractivity contribution in [2.75, 3.05) is 0 Å². The van der Waals surface area contributed by atoms with Gasteiger partial charge in [-0.05, 0) is 73.0 Å². The van der Waals surface area contributed by atoms with E-state index in [0.717, 1.165) is 49.7 Å². The van der Waals surface area contributed by atoms with Crippen LogP contribution in [0.25, 0.3) is 0 Å². The average molecular weight is 503 g/mol. The minimum Gasteiger partial charge on any atom is -0.478 e. The van der Waals surface area contributed by atoms with E-state index in [2.05, 4.69) is 46.4 Å². The molecule has 1 unspecified atom stereocenters. The molecule has 1 spiro atoms. The first-order chi connectivity index (χ1) is 17.3. The smallest absolute Gasteiger partial charge is 0.335 e. The Kier molecular flexibility index (Phi) is 7.38. The molecule has 2 aliphatic rings. The van der Waals surface area contributed by atoms with Gasteiger partial charge in [-0.1, -0.05) is 84.0 Å². The lowest BCUT2D eigenvalue weighted by molar-refractivity contribution is -0.134. The quantitative estimate of drug-likeness (QED) is 0.444. The van der Waals surface area contributed by atoms with Gasteiger partial charge in [0.25, 0.3) is 5.91 Å². The highest BCUT2D eigenvalue weighted by molar-refractivity contribution is 6.46. The lowest BCUT2D eigenvalue weighted by atomic mass is 9.69. The van der Waals surface area contributed by atoms with Crippen molar-refractivity contribution in [3.05, 3.63) is 71.3 Å². The third-order valence-electron chi connectivity index (χ3n) is 8.27. The highest BCUT2D eigenvalue weighted by atomic mass is 16.4. The molecule has 0 saturated heterocycles. The Bertz CT molecular complexity index is 1150. The van der Waals surface area contributed by atoms with Crippen molar-refractivity contribution in [1.82, 2.24) is 4.90 Å². The van der Waals surface area contributed by atoms with Gasteiger partial charge in [0.05, 0.1) is 11.6 Å².